The molecule has 1 aromatic carbocycles. The van der Waals surface area contributed by atoms with Crippen molar-refractivity contribution in [3.63, 3.8) is 0 Å². The van der Waals surface area contributed by atoms with Gasteiger partial charge < -0.3 is 0 Å². The molecule has 0 atom stereocenters. The minimum atomic E-state index is -4.26. The SMILES string of the molecule is O=S(=O)(O)/N=C/C=C/c1ccccc1. The Morgan fingerprint density at radius 1 is 1.21 bits per heavy atom. The van der Waals surface area contributed by atoms with Crippen molar-refractivity contribution >= 4 is 22.6 Å². The van der Waals surface area contributed by atoms with Crippen LogP contribution in [0, 0.1) is 0 Å². The van der Waals surface area contributed by atoms with Gasteiger partial charge in [-0.25, -0.2) is 0 Å². The first-order valence-corrected chi connectivity index (χ1v) is 5.22. The Morgan fingerprint density at radius 2 is 1.86 bits per heavy atom. The fourth-order valence-corrected chi connectivity index (χ4v) is 1.05. The number of hydrogen-bond donors (Lipinski definition) is 1. The van der Waals surface area contributed by atoms with Crippen molar-refractivity contribution in [2.45, 2.75) is 0 Å². The fraction of sp³-hybridized carbons (Fsp3) is 0. The van der Waals surface area contributed by atoms with E-state index >= 15 is 0 Å². The molecular weight excluding hydrogens is 202 g/mol. The lowest BCUT2D eigenvalue weighted by Gasteiger charge is -1.88. The molecule has 0 heterocycles. The van der Waals surface area contributed by atoms with Crippen LogP contribution in [-0.4, -0.2) is 19.2 Å². The molecule has 0 spiro atoms. The molecule has 14 heavy (non-hydrogen) atoms. The predicted octanol–water partition coefficient (Wildman–Crippen LogP) is 1.57. The molecule has 0 unspecified atom stereocenters. The van der Waals surface area contributed by atoms with E-state index in [1.807, 2.05) is 30.3 Å². The highest BCUT2D eigenvalue weighted by Gasteiger charge is 1.92. The van der Waals surface area contributed by atoms with Crippen molar-refractivity contribution in [2.75, 3.05) is 0 Å². The average Bonchev–Trinajstić information content (AvgIpc) is 2.13. The van der Waals surface area contributed by atoms with E-state index in [2.05, 4.69) is 4.40 Å². The highest BCUT2D eigenvalue weighted by molar-refractivity contribution is 7.84. The van der Waals surface area contributed by atoms with Gasteiger partial charge >= 0.3 is 10.3 Å². The van der Waals surface area contributed by atoms with Crippen LogP contribution in [0.1, 0.15) is 5.56 Å². The molecule has 1 rings (SSSR count). The molecule has 0 saturated carbocycles. The number of nitrogens with zero attached hydrogens (tertiary/aromatic N) is 1. The zero-order valence-electron chi connectivity index (χ0n) is 7.24. The first-order chi connectivity index (χ1) is 6.58. The highest BCUT2D eigenvalue weighted by Crippen LogP contribution is 1.99. The van der Waals surface area contributed by atoms with Crippen LogP contribution in [-0.2, 0) is 10.3 Å². The third-order valence-corrected chi connectivity index (χ3v) is 1.76. The van der Waals surface area contributed by atoms with Crippen LogP contribution in [0.3, 0.4) is 0 Å². The summed E-state index contributed by atoms with van der Waals surface area (Å²) in [6.07, 6.45) is 4.13. The Morgan fingerprint density at radius 3 is 2.43 bits per heavy atom. The summed E-state index contributed by atoms with van der Waals surface area (Å²) in [5, 5.41) is 0. The third-order valence-electron chi connectivity index (χ3n) is 1.37. The normalized spacial score (nSPS) is 12.6. The van der Waals surface area contributed by atoms with Crippen LogP contribution in [0.2, 0.25) is 0 Å². The second-order valence-corrected chi connectivity index (χ2v) is 3.58. The molecule has 0 aromatic heterocycles. The second-order valence-electron chi connectivity index (χ2n) is 2.47. The van der Waals surface area contributed by atoms with E-state index in [4.69, 9.17) is 4.55 Å². The van der Waals surface area contributed by atoms with Crippen LogP contribution in [0.4, 0.5) is 0 Å². The van der Waals surface area contributed by atoms with Crippen molar-refractivity contribution in [3.8, 4) is 0 Å². The lowest BCUT2D eigenvalue weighted by atomic mass is 10.2. The van der Waals surface area contributed by atoms with E-state index in [-0.39, 0.29) is 0 Å². The van der Waals surface area contributed by atoms with Crippen LogP contribution in [0.25, 0.3) is 6.08 Å². The first kappa shape index (κ1) is 10.6. The monoisotopic (exact) mass is 211 g/mol. The minimum Gasteiger partial charge on any atom is -0.268 e. The van der Waals surface area contributed by atoms with Crippen LogP contribution >= 0.6 is 0 Å². The van der Waals surface area contributed by atoms with Gasteiger partial charge in [0.25, 0.3) is 0 Å². The second kappa shape index (κ2) is 4.69. The van der Waals surface area contributed by atoms with Crippen LogP contribution < -0.4 is 0 Å². The van der Waals surface area contributed by atoms with Crippen molar-refractivity contribution in [1.29, 1.82) is 0 Å². The van der Waals surface area contributed by atoms with Crippen molar-refractivity contribution in [2.24, 2.45) is 4.40 Å². The molecule has 1 N–H and O–H groups in total. The summed E-state index contributed by atoms with van der Waals surface area (Å²) in [4.78, 5) is 0. The predicted molar refractivity (Wildman–Crippen MR) is 55.5 cm³/mol. The van der Waals surface area contributed by atoms with Gasteiger partial charge in [-0.15, -0.1) is 4.40 Å². The molecule has 0 fully saturated rings. The molecule has 0 aliphatic carbocycles. The lowest BCUT2D eigenvalue weighted by molar-refractivity contribution is 0.485. The average molecular weight is 211 g/mol. The van der Waals surface area contributed by atoms with E-state index < -0.39 is 10.3 Å². The standard InChI is InChI=1S/C9H9NO3S/c11-14(12,13)10-8-4-7-9-5-2-1-3-6-9/h1-8H,(H,11,12,13)/b7-4+,10-8+. The number of hydrogen-bond acceptors (Lipinski definition) is 2. The van der Waals surface area contributed by atoms with E-state index in [0.717, 1.165) is 11.8 Å². The van der Waals surface area contributed by atoms with Gasteiger partial charge in [0.15, 0.2) is 0 Å². The first-order valence-electron chi connectivity index (χ1n) is 3.82. The highest BCUT2D eigenvalue weighted by atomic mass is 32.2. The molecule has 0 saturated heterocycles. The number of rotatable bonds is 3. The topological polar surface area (TPSA) is 66.7 Å². The summed E-state index contributed by atoms with van der Waals surface area (Å²) in [5.41, 5.74) is 0.925. The van der Waals surface area contributed by atoms with Crippen molar-refractivity contribution in [1.82, 2.24) is 0 Å². The van der Waals surface area contributed by atoms with Gasteiger partial charge in [0.1, 0.15) is 0 Å². The van der Waals surface area contributed by atoms with E-state index in [1.165, 1.54) is 6.08 Å². The molecule has 0 aliphatic rings. The molecule has 0 radical (unpaired) electrons. The summed E-state index contributed by atoms with van der Waals surface area (Å²) in [6.45, 7) is 0. The zero-order valence-corrected chi connectivity index (χ0v) is 8.05. The molecule has 1 aromatic rings. The van der Waals surface area contributed by atoms with Gasteiger partial charge in [-0.05, 0) is 11.6 Å². The Bertz CT molecular complexity index is 434. The van der Waals surface area contributed by atoms with Crippen LogP contribution in [0.15, 0.2) is 40.8 Å². The van der Waals surface area contributed by atoms with E-state index in [0.29, 0.717) is 0 Å². The zero-order chi connectivity index (χ0) is 10.4. The molecule has 74 valence electrons. The maximum Gasteiger partial charge on any atom is 0.378 e. The Hall–Kier alpha value is -1.46. The molecule has 4 nitrogen and oxygen atoms in total. The summed E-state index contributed by atoms with van der Waals surface area (Å²) in [6, 6.07) is 9.32. The molecule has 0 amide bonds. The van der Waals surface area contributed by atoms with Gasteiger partial charge in [0.2, 0.25) is 0 Å². The number of benzene rings is 1. The van der Waals surface area contributed by atoms with Gasteiger partial charge in [-0.1, -0.05) is 36.4 Å². The number of allylic oxidation sites excluding steroid dienone is 1. The maximum atomic E-state index is 10.2. The van der Waals surface area contributed by atoms with Crippen molar-refractivity contribution in [3.05, 3.63) is 42.0 Å². The summed E-state index contributed by atoms with van der Waals surface area (Å²) < 4.78 is 31.5. The molecule has 0 bridgehead atoms. The Balaban J connectivity index is 2.63. The quantitative estimate of drug-likeness (QED) is 0.609. The summed E-state index contributed by atoms with van der Waals surface area (Å²) in [7, 11) is -4.26. The van der Waals surface area contributed by atoms with E-state index in [1.54, 1.807) is 6.08 Å². The largest absolute Gasteiger partial charge is 0.378 e. The lowest BCUT2D eigenvalue weighted by Crippen LogP contribution is -1.89. The molecule has 5 heteroatoms. The van der Waals surface area contributed by atoms with Crippen LogP contribution in [0.5, 0.6) is 0 Å². The third kappa shape index (κ3) is 4.54. The molecule has 0 aliphatic heterocycles. The fourth-order valence-electron chi connectivity index (χ4n) is 0.830. The summed E-state index contributed by atoms with van der Waals surface area (Å²) in [5.74, 6) is 0. The van der Waals surface area contributed by atoms with Gasteiger partial charge in [0, 0.05) is 6.21 Å². The Labute approximate surface area is 82.5 Å². The molecular formula is C9H9NO3S. The van der Waals surface area contributed by atoms with Gasteiger partial charge in [-0.2, -0.15) is 8.42 Å². The van der Waals surface area contributed by atoms with E-state index in [9.17, 15) is 8.42 Å². The van der Waals surface area contributed by atoms with Gasteiger partial charge in [-0.3, -0.25) is 4.55 Å². The summed E-state index contributed by atoms with van der Waals surface area (Å²) >= 11 is 0. The smallest absolute Gasteiger partial charge is 0.268 e. The van der Waals surface area contributed by atoms with Gasteiger partial charge in [0.05, 0.1) is 0 Å². The maximum absolute atomic E-state index is 10.2. The minimum absolute atomic E-state index is 0.925. The van der Waals surface area contributed by atoms with Crippen molar-refractivity contribution < 1.29 is 13.0 Å². The Kier molecular flexibility index (Phi) is 3.55.